The molecule has 1 aromatic carbocycles. The lowest BCUT2D eigenvalue weighted by atomic mass is 9.59. The Hall–Kier alpha value is -1.26. The quantitative estimate of drug-likeness (QED) is 0.920. The predicted molar refractivity (Wildman–Crippen MR) is 84.2 cm³/mol. The summed E-state index contributed by atoms with van der Waals surface area (Å²) in [7, 11) is 0. The first kappa shape index (κ1) is 12.2. The van der Waals surface area contributed by atoms with Crippen LogP contribution in [0.5, 0.6) is 11.5 Å². The third-order valence-electron chi connectivity index (χ3n) is 9.29. The van der Waals surface area contributed by atoms with Crippen LogP contribution in [0, 0.1) is 47.3 Å². The van der Waals surface area contributed by atoms with Gasteiger partial charge in [-0.05, 0) is 66.0 Å². The largest absolute Gasteiger partial charge is 0.454 e. The van der Waals surface area contributed by atoms with Crippen LogP contribution < -0.4 is 9.47 Å². The van der Waals surface area contributed by atoms with E-state index in [0.29, 0.717) is 24.7 Å². The number of hydrogen-bond donors (Lipinski definition) is 1. The van der Waals surface area contributed by atoms with Crippen LogP contribution in [0.15, 0.2) is 18.2 Å². The summed E-state index contributed by atoms with van der Waals surface area (Å²) < 4.78 is 10.9. The van der Waals surface area contributed by atoms with Gasteiger partial charge in [-0.25, -0.2) is 0 Å². The number of rotatable bonds is 3. The summed E-state index contributed by atoms with van der Waals surface area (Å²) in [5.41, 5.74) is 0.860. The molecule has 7 fully saturated rings. The average molecular weight is 323 g/mol. The van der Waals surface area contributed by atoms with Crippen LogP contribution in [0.25, 0.3) is 0 Å². The van der Waals surface area contributed by atoms with E-state index in [4.69, 9.17) is 9.47 Å². The lowest BCUT2D eigenvalue weighted by Crippen LogP contribution is -2.51. The molecule has 10 atom stereocenters. The molecule has 3 aliphatic heterocycles. The summed E-state index contributed by atoms with van der Waals surface area (Å²) in [6, 6.07) is 7.01. The van der Waals surface area contributed by atoms with Crippen molar-refractivity contribution in [2.24, 2.45) is 47.3 Å². The van der Waals surface area contributed by atoms with Crippen molar-refractivity contribution in [1.29, 1.82) is 0 Å². The van der Waals surface area contributed by atoms with Gasteiger partial charge < -0.3 is 14.6 Å². The Morgan fingerprint density at radius 1 is 1.04 bits per heavy atom. The molecule has 0 radical (unpaired) electrons. The van der Waals surface area contributed by atoms with Gasteiger partial charge in [0.2, 0.25) is 6.79 Å². The monoisotopic (exact) mass is 323 g/mol. The fourth-order valence-electron chi connectivity index (χ4n) is 9.21. The average Bonchev–Trinajstić information content (AvgIpc) is 3.28. The second-order valence-electron chi connectivity index (χ2n) is 9.33. The van der Waals surface area contributed by atoms with E-state index < -0.39 is 5.72 Å². The highest BCUT2D eigenvalue weighted by molar-refractivity contribution is 5.45. The lowest BCUT2D eigenvalue weighted by molar-refractivity contribution is -0.130. The molecule has 1 N–H and O–H groups in total. The van der Waals surface area contributed by atoms with Crippen LogP contribution in [0.4, 0.5) is 0 Å². The summed E-state index contributed by atoms with van der Waals surface area (Å²) in [6.45, 7) is 1.34. The van der Waals surface area contributed by atoms with Crippen molar-refractivity contribution in [3.8, 4) is 11.5 Å². The van der Waals surface area contributed by atoms with Gasteiger partial charge >= 0.3 is 0 Å². The minimum atomic E-state index is -0.437. The molecule has 10 unspecified atom stereocenters. The van der Waals surface area contributed by atoms with Gasteiger partial charge in [-0.2, -0.15) is 0 Å². The fraction of sp³-hybridized carbons (Fsp3) is 0.700. The maximum atomic E-state index is 11.7. The highest BCUT2D eigenvalue weighted by Crippen LogP contribution is 2.90. The Kier molecular flexibility index (Phi) is 1.70. The van der Waals surface area contributed by atoms with Crippen molar-refractivity contribution < 1.29 is 14.6 Å². The Morgan fingerprint density at radius 3 is 2.92 bits per heavy atom. The molecule has 8 aliphatic rings. The molecule has 3 heterocycles. The fourth-order valence-corrected chi connectivity index (χ4v) is 9.21. The van der Waals surface area contributed by atoms with E-state index in [1.807, 2.05) is 6.07 Å². The van der Waals surface area contributed by atoms with E-state index >= 15 is 0 Å². The molecule has 1 aromatic rings. The summed E-state index contributed by atoms with van der Waals surface area (Å²) in [5.74, 6) is 8.40. The number of nitrogens with zero attached hydrogens (tertiary/aromatic N) is 1. The van der Waals surface area contributed by atoms with E-state index in [1.54, 1.807) is 0 Å². The Morgan fingerprint density at radius 2 is 1.96 bits per heavy atom. The summed E-state index contributed by atoms with van der Waals surface area (Å²) in [4.78, 5) is 2.56. The van der Waals surface area contributed by atoms with Crippen LogP contribution in [0.1, 0.15) is 12.0 Å². The smallest absolute Gasteiger partial charge is 0.231 e. The van der Waals surface area contributed by atoms with Gasteiger partial charge in [0, 0.05) is 24.4 Å². The number of aliphatic hydroxyl groups is 1. The molecular formula is C20H21NO3. The molecule has 124 valence electrons. The number of ether oxygens (including phenoxy) is 2. The van der Waals surface area contributed by atoms with Crippen molar-refractivity contribution in [2.75, 3.05) is 13.3 Å². The minimum absolute atomic E-state index is 0.338. The van der Waals surface area contributed by atoms with E-state index in [1.165, 1.54) is 12.0 Å². The zero-order valence-electron chi connectivity index (χ0n) is 13.5. The Labute approximate surface area is 140 Å². The van der Waals surface area contributed by atoms with Gasteiger partial charge in [-0.1, -0.05) is 6.07 Å². The number of fused-ring (bicyclic) bond motifs is 1. The van der Waals surface area contributed by atoms with Gasteiger partial charge in [0.15, 0.2) is 11.5 Å². The molecule has 4 nitrogen and oxygen atoms in total. The maximum Gasteiger partial charge on any atom is 0.231 e. The molecule has 5 saturated carbocycles. The van der Waals surface area contributed by atoms with Gasteiger partial charge in [0.05, 0.1) is 0 Å². The van der Waals surface area contributed by atoms with E-state index in [2.05, 4.69) is 17.0 Å². The predicted octanol–water partition coefficient (Wildman–Crippen LogP) is 1.72. The van der Waals surface area contributed by atoms with Crippen molar-refractivity contribution >= 4 is 0 Å². The molecule has 24 heavy (non-hydrogen) atoms. The van der Waals surface area contributed by atoms with Gasteiger partial charge in [0.25, 0.3) is 0 Å². The zero-order valence-corrected chi connectivity index (χ0v) is 13.5. The molecule has 0 aromatic heterocycles. The van der Waals surface area contributed by atoms with Crippen molar-refractivity contribution in [2.45, 2.75) is 24.6 Å². The van der Waals surface area contributed by atoms with Crippen molar-refractivity contribution in [1.82, 2.24) is 4.90 Å². The summed E-state index contributed by atoms with van der Waals surface area (Å²) in [6.07, 6.45) is 2.45. The molecule has 9 rings (SSSR count). The first-order chi connectivity index (χ1) is 11.8. The maximum absolute atomic E-state index is 11.7. The Bertz CT molecular complexity index is 810. The SMILES string of the molecule is OC12C3C4CC5C6C4C1C6C(C53)N2CCc1ccc2c(c1)OCO2. The third-order valence-corrected chi connectivity index (χ3v) is 9.29. The van der Waals surface area contributed by atoms with E-state index in [0.717, 1.165) is 60.0 Å². The van der Waals surface area contributed by atoms with Crippen molar-refractivity contribution in [3.05, 3.63) is 23.8 Å². The van der Waals surface area contributed by atoms with Gasteiger partial charge in [0.1, 0.15) is 5.72 Å². The standard InChI is InChI=1S/C20H21NO3/c22-20-17-10-6-9-13-14(10)18(20)16(13)19(15(9)17)21(20)4-3-8-1-2-11-12(5-8)24-7-23-11/h1-2,5,9-10,13-19,22H,3-4,6-7H2. The summed E-state index contributed by atoms with van der Waals surface area (Å²) in [5, 5.41) is 11.7. The molecule has 5 aliphatic carbocycles. The molecule has 0 spiro atoms. The topological polar surface area (TPSA) is 41.9 Å². The molecule has 0 amide bonds. The minimum Gasteiger partial charge on any atom is -0.454 e. The second kappa shape index (κ2) is 3.36. The first-order valence-electron chi connectivity index (χ1n) is 9.66. The number of benzene rings is 1. The van der Waals surface area contributed by atoms with Crippen LogP contribution in [0.3, 0.4) is 0 Å². The number of hydrogen-bond acceptors (Lipinski definition) is 4. The Balaban J connectivity index is 1.13. The third kappa shape index (κ3) is 0.940. The first-order valence-corrected chi connectivity index (χ1v) is 9.66. The highest BCUT2D eigenvalue weighted by atomic mass is 16.7. The molecule has 4 heteroatoms. The highest BCUT2D eigenvalue weighted by Gasteiger charge is 2.93. The lowest BCUT2D eigenvalue weighted by Gasteiger charge is -2.45. The normalized spacial score (nSPS) is 58.5. The molecule has 4 bridgehead atoms. The van der Waals surface area contributed by atoms with Crippen LogP contribution in [-0.4, -0.2) is 35.1 Å². The van der Waals surface area contributed by atoms with Crippen LogP contribution in [0.2, 0.25) is 0 Å². The zero-order chi connectivity index (χ0) is 15.4. The van der Waals surface area contributed by atoms with Gasteiger partial charge in [-0.15, -0.1) is 0 Å². The van der Waals surface area contributed by atoms with Crippen LogP contribution in [-0.2, 0) is 6.42 Å². The van der Waals surface area contributed by atoms with Crippen LogP contribution >= 0.6 is 0 Å². The summed E-state index contributed by atoms with van der Waals surface area (Å²) >= 11 is 0. The molecular weight excluding hydrogens is 302 g/mol. The van der Waals surface area contributed by atoms with E-state index in [9.17, 15) is 5.11 Å². The van der Waals surface area contributed by atoms with E-state index in [-0.39, 0.29) is 0 Å². The van der Waals surface area contributed by atoms with Crippen molar-refractivity contribution in [3.63, 3.8) is 0 Å². The molecule has 2 saturated heterocycles. The van der Waals surface area contributed by atoms with Gasteiger partial charge in [-0.3, -0.25) is 4.90 Å². The second-order valence-corrected chi connectivity index (χ2v) is 9.33.